The van der Waals surface area contributed by atoms with Gasteiger partial charge in [-0.05, 0) is 49.4 Å². The van der Waals surface area contributed by atoms with Crippen molar-refractivity contribution in [3.63, 3.8) is 0 Å². The predicted octanol–water partition coefficient (Wildman–Crippen LogP) is 3.65. The minimum Gasteiger partial charge on any atom is -0.508 e. The fourth-order valence-electron chi connectivity index (χ4n) is 3.91. The van der Waals surface area contributed by atoms with Gasteiger partial charge in [0.25, 0.3) is 0 Å². The van der Waals surface area contributed by atoms with Gasteiger partial charge in [-0.25, -0.2) is 0 Å². The summed E-state index contributed by atoms with van der Waals surface area (Å²) in [5.74, 6) is 0.296. The van der Waals surface area contributed by atoms with Gasteiger partial charge >= 0.3 is 0 Å². The summed E-state index contributed by atoms with van der Waals surface area (Å²) in [6, 6.07) is 11.6. The van der Waals surface area contributed by atoms with Crippen LogP contribution in [0.2, 0.25) is 5.02 Å². The number of benzene rings is 2. The third kappa shape index (κ3) is 4.42. The fraction of sp³-hybridized carbons (Fsp3) is 0.429. The van der Waals surface area contributed by atoms with Gasteiger partial charge < -0.3 is 20.0 Å². The maximum Gasteiger partial charge on any atom is 0.116 e. The molecular formula is C21H26ClN3O2S. The van der Waals surface area contributed by atoms with Crippen molar-refractivity contribution in [1.29, 1.82) is 0 Å². The van der Waals surface area contributed by atoms with Crippen molar-refractivity contribution in [1.82, 2.24) is 9.80 Å². The van der Waals surface area contributed by atoms with Gasteiger partial charge in [-0.15, -0.1) is 0 Å². The highest BCUT2D eigenvalue weighted by molar-refractivity contribution is 7.99. The molecule has 2 aliphatic rings. The largest absolute Gasteiger partial charge is 0.508 e. The monoisotopic (exact) mass is 419 g/mol. The van der Waals surface area contributed by atoms with Crippen molar-refractivity contribution >= 4 is 34.7 Å². The molecule has 150 valence electrons. The Labute approximate surface area is 175 Å². The highest BCUT2D eigenvalue weighted by Gasteiger charge is 2.24. The normalized spacial score (nSPS) is 17.4. The zero-order valence-electron chi connectivity index (χ0n) is 15.9. The number of rotatable bonds is 6. The maximum atomic E-state index is 9.89. The summed E-state index contributed by atoms with van der Waals surface area (Å²) in [6.07, 6.45) is 1.05. The van der Waals surface area contributed by atoms with Crippen LogP contribution in [0.4, 0.5) is 11.4 Å². The minimum absolute atomic E-state index is 0.240. The average molecular weight is 420 g/mol. The van der Waals surface area contributed by atoms with E-state index in [1.165, 1.54) is 4.90 Å². The summed E-state index contributed by atoms with van der Waals surface area (Å²) < 4.78 is 0. The highest BCUT2D eigenvalue weighted by atomic mass is 35.5. The number of fused-ring (bicyclic) bond motifs is 2. The standard InChI is InChI=1S/C21H26ClN3O2S/c22-16-2-5-20-19(14-16)25(18-4-3-17(27)15-21(18)28-20)7-1-6-23-8-10-24(11-9-23)12-13-26/h2-5,14-15,26-27H,1,6-13H2. The molecule has 2 aromatic carbocycles. The SMILES string of the molecule is OCCN1CCN(CCCN2c3ccc(O)cc3Sc3ccc(Cl)cc32)CC1. The van der Waals surface area contributed by atoms with E-state index < -0.39 is 0 Å². The highest BCUT2D eigenvalue weighted by Crippen LogP contribution is 2.49. The number of anilines is 2. The van der Waals surface area contributed by atoms with Crippen LogP contribution in [-0.4, -0.2) is 72.4 Å². The fourth-order valence-corrected chi connectivity index (χ4v) is 5.19. The van der Waals surface area contributed by atoms with Gasteiger partial charge in [0, 0.05) is 54.1 Å². The second kappa shape index (κ2) is 8.93. The molecular weight excluding hydrogens is 394 g/mol. The second-order valence-corrected chi connectivity index (χ2v) is 8.80. The lowest BCUT2D eigenvalue weighted by molar-refractivity contribution is 0.112. The molecule has 0 radical (unpaired) electrons. The first-order valence-corrected chi connectivity index (χ1v) is 11.0. The number of phenols is 1. The van der Waals surface area contributed by atoms with Gasteiger partial charge in [0.2, 0.25) is 0 Å². The van der Waals surface area contributed by atoms with Crippen molar-refractivity contribution in [3.05, 3.63) is 41.4 Å². The number of aromatic hydroxyl groups is 1. The number of β-amino-alcohol motifs (C(OH)–C–C–N with tert-alkyl or cyclic N) is 1. The van der Waals surface area contributed by atoms with Crippen LogP contribution in [-0.2, 0) is 0 Å². The molecule has 2 N–H and O–H groups in total. The molecule has 0 aliphatic carbocycles. The number of piperazine rings is 1. The number of halogens is 1. The van der Waals surface area contributed by atoms with E-state index in [1.54, 1.807) is 17.8 Å². The molecule has 2 aromatic rings. The lowest BCUT2D eigenvalue weighted by Crippen LogP contribution is -2.47. The lowest BCUT2D eigenvalue weighted by atomic mass is 10.2. The molecule has 1 saturated heterocycles. The van der Waals surface area contributed by atoms with E-state index >= 15 is 0 Å². The molecule has 2 aliphatic heterocycles. The molecule has 0 spiro atoms. The Morgan fingerprint density at radius 3 is 2.36 bits per heavy atom. The van der Waals surface area contributed by atoms with Crippen molar-refractivity contribution < 1.29 is 10.2 Å². The topological polar surface area (TPSA) is 50.2 Å². The molecule has 2 heterocycles. The van der Waals surface area contributed by atoms with E-state index in [2.05, 4.69) is 20.8 Å². The zero-order valence-corrected chi connectivity index (χ0v) is 17.4. The molecule has 5 nitrogen and oxygen atoms in total. The minimum atomic E-state index is 0.240. The Balaban J connectivity index is 1.43. The summed E-state index contributed by atoms with van der Waals surface area (Å²) in [7, 11) is 0. The first-order valence-electron chi connectivity index (χ1n) is 9.77. The molecule has 0 unspecified atom stereocenters. The molecule has 0 aromatic heterocycles. The van der Waals surface area contributed by atoms with Crippen LogP contribution in [0.5, 0.6) is 5.75 Å². The van der Waals surface area contributed by atoms with Gasteiger partial charge in [0.15, 0.2) is 0 Å². The summed E-state index contributed by atoms with van der Waals surface area (Å²) in [6.45, 7) is 7.15. The van der Waals surface area contributed by atoms with E-state index in [0.717, 1.165) is 73.5 Å². The number of hydrogen-bond donors (Lipinski definition) is 2. The smallest absolute Gasteiger partial charge is 0.116 e. The van der Waals surface area contributed by atoms with Gasteiger partial charge in [-0.1, -0.05) is 23.4 Å². The van der Waals surface area contributed by atoms with Crippen molar-refractivity contribution in [2.45, 2.75) is 16.2 Å². The quantitative estimate of drug-likeness (QED) is 0.745. The zero-order chi connectivity index (χ0) is 19.5. The van der Waals surface area contributed by atoms with Gasteiger partial charge in [0.05, 0.1) is 18.0 Å². The Morgan fingerprint density at radius 2 is 1.61 bits per heavy atom. The Kier molecular flexibility index (Phi) is 6.33. The molecule has 1 fully saturated rings. The Hall–Kier alpha value is -1.44. The van der Waals surface area contributed by atoms with Crippen molar-refractivity contribution in [3.8, 4) is 5.75 Å². The van der Waals surface area contributed by atoms with E-state index in [4.69, 9.17) is 16.7 Å². The lowest BCUT2D eigenvalue weighted by Gasteiger charge is -2.36. The summed E-state index contributed by atoms with van der Waals surface area (Å²) in [4.78, 5) is 9.39. The van der Waals surface area contributed by atoms with Crippen LogP contribution in [0, 0.1) is 0 Å². The first kappa shape index (κ1) is 19.9. The summed E-state index contributed by atoms with van der Waals surface area (Å²) >= 11 is 7.96. The Bertz CT molecular complexity index is 827. The number of aliphatic hydroxyl groups is 1. The third-order valence-electron chi connectivity index (χ3n) is 5.40. The van der Waals surface area contributed by atoms with E-state index in [9.17, 15) is 5.11 Å². The number of hydrogen-bond acceptors (Lipinski definition) is 6. The van der Waals surface area contributed by atoms with Gasteiger partial charge in [-0.3, -0.25) is 4.90 Å². The van der Waals surface area contributed by atoms with Crippen molar-refractivity contribution in [2.75, 3.05) is 57.3 Å². The van der Waals surface area contributed by atoms with Crippen LogP contribution >= 0.6 is 23.4 Å². The summed E-state index contributed by atoms with van der Waals surface area (Å²) in [5.41, 5.74) is 2.27. The van der Waals surface area contributed by atoms with Crippen LogP contribution < -0.4 is 4.90 Å². The molecule has 0 saturated carbocycles. The Morgan fingerprint density at radius 1 is 0.857 bits per heavy atom. The summed E-state index contributed by atoms with van der Waals surface area (Å²) in [5, 5.41) is 19.7. The van der Waals surface area contributed by atoms with Gasteiger partial charge in [-0.2, -0.15) is 0 Å². The predicted molar refractivity (Wildman–Crippen MR) is 115 cm³/mol. The number of phenolic OH excluding ortho intramolecular Hbond substituents is 1. The van der Waals surface area contributed by atoms with Crippen LogP contribution in [0.25, 0.3) is 0 Å². The molecule has 0 amide bonds. The first-order chi connectivity index (χ1) is 13.6. The van der Waals surface area contributed by atoms with Crippen LogP contribution in [0.1, 0.15) is 6.42 Å². The van der Waals surface area contributed by atoms with E-state index in [-0.39, 0.29) is 6.61 Å². The molecule has 0 atom stereocenters. The van der Waals surface area contributed by atoms with Crippen LogP contribution in [0.15, 0.2) is 46.2 Å². The van der Waals surface area contributed by atoms with E-state index in [0.29, 0.717) is 5.75 Å². The van der Waals surface area contributed by atoms with Crippen molar-refractivity contribution in [2.24, 2.45) is 0 Å². The average Bonchev–Trinajstić information content (AvgIpc) is 2.69. The molecule has 0 bridgehead atoms. The molecule has 28 heavy (non-hydrogen) atoms. The van der Waals surface area contributed by atoms with Crippen LogP contribution in [0.3, 0.4) is 0 Å². The van der Waals surface area contributed by atoms with E-state index in [1.807, 2.05) is 24.3 Å². The second-order valence-electron chi connectivity index (χ2n) is 7.28. The molecule has 7 heteroatoms. The number of aliphatic hydroxyl groups excluding tert-OH is 1. The third-order valence-corrected chi connectivity index (χ3v) is 6.75. The molecule has 4 rings (SSSR count). The number of nitrogens with zero attached hydrogens (tertiary/aromatic N) is 3. The van der Waals surface area contributed by atoms with Gasteiger partial charge in [0.1, 0.15) is 5.75 Å². The maximum absolute atomic E-state index is 9.89.